The minimum atomic E-state index is -0.320. The predicted molar refractivity (Wildman–Crippen MR) is 73.2 cm³/mol. The van der Waals surface area contributed by atoms with Crippen LogP contribution in [-0.4, -0.2) is 6.04 Å². The summed E-state index contributed by atoms with van der Waals surface area (Å²) < 4.78 is 26.6. The third-order valence-electron chi connectivity index (χ3n) is 2.88. The average Bonchev–Trinajstić information content (AvgIpc) is 2.34. The number of halogens is 3. The summed E-state index contributed by atoms with van der Waals surface area (Å²) in [6.45, 7) is 0. The molecule has 1 nitrogen and oxygen atoms in total. The molecule has 0 spiro atoms. The Bertz CT molecular complexity index is 572. The molecule has 0 aromatic heterocycles. The van der Waals surface area contributed by atoms with Crippen LogP contribution in [0.2, 0.25) is 5.02 Å². The van der Waals surface area contributed by atoms with Crippen LogP contribution in [0, 0.1) is 11.6 Å². The lowest BCUT2D eigenvalue weighted by Crippen LogP contribution is -2.26. The highest BCUT2D eigenvalue weighted by Crippen LogP contribution is 2.17. The molecule has 2 N–H and O–H groups in total. The zero-order valence-electron chi connectivity index (χ0n) is 10.2. The van der Waals surface area contributed by atoms with Gasteiger partial charge >= 0.3 is 0 Å². The van der Waals surface area contributed by atoms with Crippen molar-refractivity contribution >= 4 is 11.6 Å². The van der Waals surface area contributed by atoms with Crippen LogP contribution in [0.1, 0.15) is 11.1 Å². The summed E-state index contributed by atoms with van der Waals surface area (Å²) in [6, 6.07) is 10.4. The predicted octanol–water partition coefficient (Wildman–Crippen LogP) is 3.73. The van der Waals surface area contributed by atoms with E-state index in [2.05, 4.69) is 0 Å². The molecule has 19 heavy (non-hydrogen) atoms. The van der Waals surface area contributed by atoms with Gasteiger partial charge in [0.1, 0.15) is 11.6 Å². The van der Waals surface area contributed by atoms with Crippen LogP contribution in [0.4, 0.5) is 8.78 Å². The maximum atomic E-state index is 13.6. The van der Waals surface area contributed by atoms with Crippen molar-refractivity contribution in [1.29, 1.82) is 0 Å². The molecule has 0 radical (unpaired) electrons. The molecule has 0 fully saturated rings. The van der Waals surface area contributed by atoms with E-state index in [0.29, 0.717) is 23.4 Å². The van der Waals surface area contributed by atoms with E-state index in [4.69, 9.17) is 17.3 Å². The Morgan fingerprint density at radius 2 is 1.84 bits per heavy atom. The van der Waals surface area contributed by atoms with E-state index in [1.165, 1.54) is 24.3 Å². The third-order valence-corrected chi connectivity index (χ3v) is 3.11. The first kappa shape index (κ1) is 14.0. The average molecular weight is 282 g/mol. The van der Waals surface area contributed by atoms with Crippen molar-refractivity contribution in [1.82, 2.24) is 0 Å². The van der Waals surface area contributed by atoms with Crippen molar-refractivity contribution in [2.75, 3.05) is 0 Å². The zero-order valence-corrected chi connectivity index (χ0v) is 11.0. The molecule has 1 atom stereocenters. The fourth-order valence-corrected chi connectivity index (χ4v) is 2.22. The maximum absolute atomic E-state index is 13.6. The third kappa shape index (κ3) is 4.01. The fraction of sp³-hybridized carbons (Fsp3) is 0.200. The summed E-state index contributed by atoms with van der Waals surface area (Å²) in [5.74, 6) is -0.613. The summed E-state index contributed by atoms with van der Waals surface area (Å²) >= 11 is 5.82. The number of hydrogen-bond acceptors (Lipinski definition) is 1. The first-order valence-corrected chi connectivity index (χ1v) is 6.36. The molecule has 0 heterocycles. The first-order valence-electron chi connectivity index (χ1n) is 5.98. The molecule has 0 saturated heterocycles. The summed E-state index contributed by atoms with van der Waals surface area (Å²) in [4.78, 5) is 0. The van der Waals surface area contributed by atoms with Crippen molar-refractivity contribution in [3.63, 3.8) is 0 Å². The summed E-state index contributed by atoms with van der Waals surface area (Å²) in [5, 5.41) is 0.481. The molecular weight excluding hydrogens is 268 g/mol. The molecule has 0 aliphatic carbocycles. The second-order valence-corrected chi connectivity index (χ2v) is 4.97. The van der Waals surface area contributed by atoms with Gasteiger partial charge in [0.05, 0.1) is 0 Å². The zero-order chi connectivity index (χ0) is 13.8. The van der Waals surface area contributed by atoms with Gasteiger partial charge in [0.25, 0.3) is 0 Å². The van der Waals surface area contributed by atoms with Gasteiger partial charge in [0, 0.05) is 11.1 Å². The Morgan fingerprint density at radius 1 is 1.05 bits per heavy atom. The van der Waals surface area contributed by atoms with E-state index >= 15 is 0 Å². The van der Waals surface area contributed by atoms with Gasteiger partial charge in [-0.05, 0) is 54.3 Å². The highest BCUT2D eigenvalue weighted by Gasteiger charge is 2.10. The highest BCUT2D eigenvalue weighted by molar-refractivity contribution is 6.30. The molecule has 2 rings (SSSR count). The standard InChI is InChI=1S/C15H14ClF2N/c16-12-4-5-15(18)11(8-12)9-14(19)7-10-2-1-3-13(17)6-10/h1-6,8,14H,7,9,19H2. The van der Waals surface area contributed by atoms with Gasteiger partial charge in [0.15, 0.2) is 0 Å². The fourth-order valence-electron chi connectivity index (χ4n) is 2.02. The Balaban J connectivity index is 2.05. The van der Waals surface area contributed by atoms with Crippen molar-refractivity contribution in [2.45, 2.75) is 18.9 Å². The van der Waals surface area contributed by atoms with E-state index in [1.807, 2.05) is 0 Å². The number of benzene rings is 2. The Morgan fingerprint density at radius 3 is 2.58 bits per heavy atom. The smallest absolute Gasteiger partial charge is 0.126 e. The first-order chi connectivity index (χ1) is 9.04. The van der Waals surface area contributed by atoms with Crippen molar-refractivity contribution < 1.29 is 8.78 Å². The van der Waals surface area contributed by atoms with Gasteiger partial charge in [-0.15, -0.1) is 0 Å². The molecule has 0 amide bonds. The molecule has 2 aromatic carbocycles. The van der Waals surface area contributed by atoms with Gasteiger partial charge < -0.3 is 5.73 Å². The summed E-state index contributed by atoms with van der Waals surface area (Å²) in [6.07, 6.45) is 0.854. The van der Waals surface area contributed by atoms with Crippen LogP contribution in [-0.2, 0) is 12.8 Å². The van der Waals surface area contributed by atoms with E-state index in [1.54, 1.807) is 18.2 Å². The van der Waals surface area contributed by atoms with E-state index in [-0.39, 0.29) is 17.7 Å². The number of rotatable bonds is 4. The maximum Gasteiger partial charge on any atom is 0.126 e. The monoisotopic (exact) mass is 281 g/mol. The van der Waals surface area contributed by atoms with E-state index in [0.717, 1.165) is 5.56 Å². The molecule has 2 aromatic rings. The Kier molecular flexibility index (Phi) is 4.51. The van der Waals surface area contributed by atoms with Crippen molar-refractivity contribution in [2.24, 2.45) is 5.73 Å². The molecule has 0 aliphatic heterocycles. The number of hydrogen-bond donors (Lipinski definition) is 1. The van der Waals surface area contributed by atoms with Crippen molar-refractivity contribution in [3.05, 3.63) is 70.2 Å². The quantitative estimate of drug-likeness (QED) is 0.908. The molecule has 0 bridgehead atoms. The van der Waals surface area contributed by atoms with Gasteiger partial charge in [-0.25, -0.2) is 8.78 Å². The van der Waals surface area contributed by atoms with E-state index in [9.17, 15) is 8.78 Å². The molecular formula is C15H14ClF2N. The topological polar surface area (TPSA) is 26.0 Å². The normalized spacial score (nSPS) is 12.4. The van der Waals surface area contributed by atoms with Gasteiger partial charge in [-0.1, -0.05) is 23.7 Å². The second kappa shape index (κ2) is 6.13. The van der Waals surface area contributed by atoms with Crippen LogP contribution in [0.25, 0.3) is 0 Å². The molecule has 4 heteroatoms. The van der Waals surface area contributed by atoms with Crippen LogP contribution >= 0.6 is 11.6 Å². The number of nitrogens with two attached hydrogens (primary N) is 1. The lowest BCUT2D eigenvalue weighted by molar-refractivity contribution is 0.581. The summed E-state index contributed by atoms with van der Waals surface area (Å²) in [7, 11) is 0. The van der Waals surface area contributed by atoms with Crippen LogP contribution in [0.5, 0.6) is 0 Å². The summed E-state index contributed by atoms with van der Waals surface area (Å²) in [5.41, 5.74) is 7.26. The second-order valence-electron chi connectivity index (χ2n) is 4.53. The minimum absolute atomic E-state index is 0.283. The van der Waals surface area contributed by atoms with Gasteiger partial charge in [-0.2, -0.15) is 0 Å². The van der Waals surface area contributed by atoms with E-state index < -0.39 is 0 Å². The van der Waals surface area contributed by atoms with Crippen LogP contribution in [0.3, 0.4) is 0 Å². The SMILES string of the molecule is NC(Cc1cccc(F)c1)Cc1cc(Cl)ccc1F. The van der Waals surface area contributed by atoms with Crippen LogP contribution < -0.4 is 5.73 Å². The van der Waals surface area contributed by atoms with Crippen LogP contribution in [0.15, 0.2) is 42.5 Å². The highest BCUT2D eigenvalue weighted by atomic mass is 35.5. The molecule has 0 saturated carbocycles. The van der Waals surface area contributed by atoms with Crippen molar-refractivity contribution in [3.8, 4) is 0 Å². The molecule has 1 unspecified atom stereocenters. The van der Waals surface area contributed by atoms with Gasteiger partial charge in [-0.3, -0.25) is 0 Å². The Hall–Kier alpha value is -1.45. The van der Waals surface area contributed by atoms with Gasteiger partial charge in [0.2, 0.25) is 0 Å². The minimum Gasteiger partial charge on any atom is -0.327 e. The lowest BCUT2D eigenvalue weighted by Gasteiger charge is -2.12. The lowest BCUT2D eigenvalue weighted by atomic mass is 9.99. The largest absolute Gasteiger partial charge is 0.327 e. The Labute approximate surface area is 116 Å². The molecule has 100 valence electrons. The molecule has 0 aliphatic rings.